The average Bonchev–Trinajstić information content (AvgIpc) is 3.16. The van der Waals surface area contributed by atoms with Gasteiger partial charge in [-0.25, -0.2) is 5.01 Å². The minimum Gasteiger partial charge on any atom is -0.493 e. The van der Waals surface area contributed by atoms with Crippen molar-refractivity contribution in [3.05, 3.63) is 65.9 Å². The van der Waals surface area contributed by atoms with E-state index in [1.54, 1.807) is 31.5 Å². The minimum absolute atomic E-state index is 0.00496. The van der Waals surface area contributed by atoms with E-state index in [0.29, 0.717) is 48.7 Å². The van der Waals surface area contributed by atoms with Crippen LogP contribution in [0, 0.1) is 5.41 Å². The lowest BCUT2D eigenvalue weighted by atomic mass is 9.83. The summed E-state index contributed by atoms with van der Waals surface area (Å²) >= 11 is 0. The van der Waals surface area contributed by atoms with Gasteiger partial charge in [0.05, 0.1) is 42.5 Å². The van der Waals surface area contributed by atoms with Crippen LogP contribution in [-0.2, 0) is 4.79 Å². The molecule has 1 fully saturated rings. The fourth-order valence-corrected chi connectivity index (χ4v) is 5.08. The quantitative estimate of drug-likeness (QED) is 0.542. The van der Waals surface area contributed by atoms with E-state index < -0.39 is 5.41 Å². The molecule has 0 atom stereocenters. The molecule has 2 amide bonds. The zero-order valence-electron chi connectivity index (χ0n) is 21.0. The smallest absolute Gasteiger partial charge is 0.254 e. The molecule has 0 bridgehead atoms. The Hall–Kier alpha value is -3.94. The molecule has 36 heavy (non-hydrogen) atoms. The van der Waals surface area contributed by atoms with E-state index in [4.69, 9.17) is 14.6 Å². The maximum atomic E-state index is 13.4. The molecule has 1 saturated heterocycles. The number of aromatic nitrogens is 1. The average molecular weight is 487 g/mol. The maximum Gasteiger partial charge on any atom is 0.254 e. The molecule has 8 nitrogen and oxygen atoms in total. The van der Waals surface area contributed by atoms with Gasteiger partial charge in [-0.3, -0.25) is 14.6 Å². The van der Waals surface area contributed by atoms with Gasteiger partial charge < -0.3 is 14.4 Å². The van der Waals surface area contributed by atoms with Gasteiger partial charge in [0.25, 0.3) is 11.8 Å². The third-order valence-electron chi connectivity index (χ3n) is 7.18. The number of nitrogens with zero attached hydrogens (tertiary/aromatic N) is 4. The van der Waals surface area contributed by atoms with Gasteiger partial charge in [-0.15, -0.1) is 0 Å². The van der Waals surface area contributed by atoms with Gasteiger partial charge in [-0.1, -0.05) is 18.2 Å². The number of rotatable bonds is 5. The number of fused-ring (bicyclic) bond motifs is 1. The van der Waals surface area contributed by atoms with E-state index in [-0.39, 0.29) is 17.9 Å². The summed E-state index contributed by atoms with van der Waals surface area (Å²) in [6.07, 6.45) is 3.01. The predicted octanol–water partition coefficient (Wildman–Crippen LogP) is 4.13. The van der Waals surface area contributed by atoms with Crippen LogP contribution in [0.15, 0.2) is 59.8 Å². The Balaban J connectivity index is 1.34. The summed E-state index contributed by atoms with van der Waals surface area (Å²) in [6, 6.07) is 15.0. The second-order valence-electron chi connectivity index (χ2n) is 9.69. The molecule has 5 rings (SSSR count). The van der Waals surface area contributed by atoms with Crippen molar-refractivity contribution in [3.63, 3.8) is 0 Å². The zero-order chi connectivity index (χ0) is 25.4. The molecular formula is C28H30N4O4. The Labute approximate surface area is 210 Å². The number of hydrazone groups is 1. The monoisotopic (exact) mass is 486 g/mol. The summed E-state index contributed by atoms with van der Waals surface area (Å²) in [4.78, 5) is 33.0. The van der Waals surface area contributed by atoms with Crippen molar-refractivity contribution < 1.29 is 19.1 Å². The lowest BCUT2D eigenvalue weighted by Gasteiger charge is -2.35. The predicted molar refractivity (Wildman–Crippen MR) is 137 cm³/mol. The second kappa shape index (κ2) is 9.26. The number of para-hydroxylation sites is 1. The highest BCUT2D eigenvalue weighted by atomic mass is 16.5. The fraction of sp³-hybridized carbons (Fsp3) is 0.357. The first-order valence-electron chi connectivity index (χ1n) is 12.1. The number of ether oxygens (including phenoxy) is 2. The van der Waals surface area contributed by atoms with Crippen LogP contribution in [0.5, 0.6) is 11.5 Å². The normalized spacial score (nSPS) is 17.9. The van der Waals surface area contributed by atoms with E-state index in [1.807, 2.05) is 61.2 Å². The molecule has 8 heteroatoms. The summed E-state index contributed by atoms with van der Waals surface area (Å²) in [5, 5.41) is 7.30. The van der Waals surface area contributed by atoms with E-state index in [2.05, 4.69) is 4.98 Å². The number of methoxy groups -OCH3 is 2. The standard InChI is InChI=1S/C28H30N4O4/c1-28(2)25(18-9-10-23(35-3)24(17-18)36-4)30-32(27(28)34)19-12-15-31(16-13-19)26(33)21-11-14-29-22-8-6-5-7-20(21)22/h5-11,14,17,19H,12-13,15-16H2,1-4H3. The number of likely N-dealkylation sites (tertiary alicyclic amines) is 1. The molecule has 0 unspecified atom stereocenters. The number of hydrogen-bond acceptors (Lipinski definition) is 6. The first-order chi connectivity index (χ1) is 17.3. The van der Waals surface area contributed by atoms with Gasteiger partial charge in [0.1, 0.15) is 0 Å². The topological polar surface area (TPSA) is 84.3 Å². The molecule has 0 N–H and O–H groups in total. The van der Waals surface area contributed by atoms with Crippen molar-refractivity contribution >= 4 is 28.4 Å². The minimum atomic E-state index is -0.775. The van der Waals surface area contributed by atoms with Crippen molar-refractivity contribution in [1.82, 2.24) is 14.9 Å². The van der Waals surface area contributed by atoms with Crippen molar-refractivity contribution in [2.75, 3.05) is 27.3 Å². The lowest BCUT2D eigenvalue weighted by Crippen LogP contribution is -2.47. The summed E-state index contributed by atoms with van der Waals surface area (Å²) in [5.41, 5.74) is 2.22. The van der Waals surface area contributed by atoms with E-state index in [0.717, 1.165) is 16.5 Å². The molecule has 0 saturated carbocycles. The Morgan fingerprint density at radius 1 is 1.00 bits per heavy atom. The Morgan fingerprint density at radius 3 is 2.44 bits per heavy atom. The molecule has 0 spiro atoms. The molecule has 2 aliphatic rings. The van der Waals surface area contributed by atoms with Crippen molar-refractivity contribution in [3.8, 4) is 11.5 Å². The van der Waals surface area contributed by atoms with Gasteiger partial charge in [0.2, 0.25) is 0 Å². The van der Waals surface area contributed by atoms with E-state index in [9.17, 15) is 9.59 Å². The molecule has 3 heterocycles. The van der Waals surface area contributed by atoms with Crippen LogP contribution in [0.1, 0.15) is 42.6 Å². The molecule has 1 aromatic heterocycles. The van der Waals surface area contributed by atoms with Gasteiger partial charge >= 0.3 is 0 Å². The second-order valence-corrected chi connectivity index (χ2v) is 9.69. The zero-order valence-corrected chi connectivity index (χ0v) is 21.0. The number of hydrogen-bond donors (Lipinski definition) is 0. The first-order valence-corrected chi connectivity index (χ1v) is 12.1. The molecule has 0 radical (unpaired) electrons. The van der Waals surface area contributed by atoms with Crippen LogP contribution in [0.4, 0.5) is 0 Å². The van der Waals surface area contributed by atoms with Crippen LogP contribution >= 0.6 is 0 Å². The Kier molecular flexibility index (Phi) is 6.12. The summed E-state index contributed by atoms with van der Waals surface area (Å²) in [7, 11) is 3.18. The van der Waals surface area contributed by atoms with Crippen molar-refractivity contribution in [2.45, 2.75) is 32.7 Å². The number of piperidine rings is 1. The third-order valence-corrected chi connectivity index (χ3v) is 7.18. The third kappa shape index (κ3) is 3.96. The first kappa shape index (κ1) is 23.8. The largest absolute Gasteiger partial charge is 0.493 e. The van der Waals surface area contributed by atoms with Gasteiger partial charge in [-0.05, 0) is 57.0 Å². The van der Waals surface area contributed by atoms with E-state index >= 15 is 0 Å². The summed E-state index contributed by atoms with van der Waals surface area (Å²) < 4.78 is 10.8. The number of pyridine rings is 1. The highest BCUT2D eigenvalue weighted by Gasteiger charge is 2.47. The van der Waals surface area contributed by atoms with Gasteiger partial charge in [0.15, 0.2) is 11.5 Å². The van der Waals surface area contributed by atoms with Gasteiger partial charge in [0, 0.05) is 30.2 Å². The SMILES string of the molecule is COc1ccc(C2=NN(C3CCN(C(=O)c4ccnc5ccccc45)CC3)C(=O)C2(C)C)cc1OC. The number of carbonyl (C=O) groups excluding carboxylic acids is 2. The van der Waals surface area contributed by atoms with Crippen LogP contribution in [0.2, 0.25) is 0 Å². The summed E-state index contributed by atoms with van der Waals surface area (Å²) in [5.74, 6) is 1.18. The lowest BCUT2D eigenvalue weighted by molar-refractivity contribution is -0.137. The molecule has 3 aromatic rings. The molecule has 0 aliphatic carbocycles. The Bertz CT molecular complexity index is 1350. The van der Waals surface area contributed by atoms with Gasteiger partial charge in [-0.2, -0.15) is 5.10 Å². The van der Waals surface area contributed by atoms with Crippen molar-refractivity contribution in [2.24, 2.45) is 10.5 Å². The highest BCUT2D eigenvalue weighted by Crippen LogP contribution is 2.37. The number of benzene rings is 2. The van der Waals surface area contributed by atoms with E-state index in [1.165, 1.54) is 0 Å². The Morgan fingerprint density at radius 2 is 1.72 bits per heavy atom. The number of amides is 2. The molecule has 186 valence electrons. The molecule has 2 aromatic carbocycles. The molecule has 2 aliphatic heterocycles. The van der Waals surface area contributed by atoms with Crippen molar-refractivity contribution in [1.29, 1.82) is 0 Å². The number of carbonyl (C=O) groups is 2. The van der Waals surface area contributed by atoms with Crippen LogP contribution < -0.4 is 9.47 Å². The van der Waals surface area contributed by atoms with Crippen LogP contribution in [0.25, 0.3) is 10.9 Å². The highest BCUT2D eigenvalue weighted by molar-refractivity contribution is 6.19. The maximum absolute atomic E-state index is 13.4. The fourth-order valence-electron chi connectivity index (χ4n) is 5.08. The molecular weight excluding hydrogens is 456 g/mol. The summed E-state index contributed by atoms with van der Waals surface area (Å²) in [6.45, 7) is 4.92. The van der Waals surface area contributed by atoms with Crippen LogP contribution in [0.3, 0.4) is 0 Å². The van der Waals surface area contributed by atoms with Crippen LogP contribution in [-0.4, -0.2) is 65.8 Å².